The monoisotopic (exact) mass is 228 g/mol. The number of thiazole rings is 1. The largest absolute Gasteiger partial charge is 0.382 e. The van der Waals surface area contributed by atoms with Crippen LogP contribution in [0.4, 0.5) is 0 Å². The summed E-state index contributed by atoms with van der Waals surface area (Å²) < 4.78 is 5.27. The third kappa shape index (κ3) is 3.26. The van der Waals surface area contributed by atoms with Crippen LogP contribution in [0.1, 0.15) is 31.0 Å². The fourth-order valence-electron chi connectivity index (χ4n) is 1.49. The van der Waals surface area contributed by atoms with Crippen LogP contribution in [0, 0.1) is 6.92 Å². The minimum Gasteiger partial charge on any atom is -0.382 e. The van der Waals surface area contributed by atoms with Crippen LogP contribution in [0.5, 0.6) is 0 Å². The van der Waals surface area contributed by atoms with E-state index in [2.05, 4.69) is 29.5 Å². The van der Waals surface area contributed by atoms with E-state index in [9.17, 15) is 0 Å². The molecule has 0 saturated heterocycles. The van der Waals surface area contributed by atoms with Gasteiger partial charge in [-0.05, 0) is 26.8 Å². The molecule has 0 aliphatic rings. The SMILES string of the molecule is CCCNC(C)(COC)c1nc(C)cs1. The van der Waals surface area contributed by atoms with Crippen molar-refractivity contribution in [2.24, 2.45) is 0 Å². The highest BCUT2D eigenvalue weighted by molar-refractivity contribution is 7.09. The van der Waals surface area contributed by atoms with Gasteiger partial charge < -0.3 is 10.1 Å². The molecule has 0 aromatic carbocycles. The van der Waals surface area contributed by atoms with Gasteiger partial charge in [-0.1, -0.05) is 6.92 Å². The van der Waals surface area contributed by atoms with Crippen LogP contribution in [0.2, 0.25) is 0 Å². The maximum absolute atomic E-state index is 5.27. The second-order valence-corrected chi connectivity index (χ2v) is 4.84. The molecule has 86 valence electrons. The zero-order valence-corrected chi connectivity index (χ0v) is 10.8. The van der Waals surface area contributed by atoms with Gasteiger partial charge >= 0.3 is 0 Å². The second kappa shape index (κ2) is 5.58. The summed E-state index contributed by atoms with van der Waals surface area (Å²) >= 11 is 1.69. The molecule has 4 heteroatoms. The summed E-state index contributed by atoms with van der Waals surface area (Å²) in [5.41, 5.74) is 0.930. The van der Waals surface area contributed by atoms with E-state index >= 15 is 0 Å². The lowest BCUT2D eigenvalue weighted by Crippen LogP contribution is -2.43. The molecule has 1 unspecified atom stereocenters. The van der Waals surface area contributed by atoms with Gasteiger partial charge in [-0.3, -0.25) is 0 Å². The van der Waals surface area contributed by atoms with Gasteiger partial charge in [0.2, 0.25) is 0 Å². The highest BCUT2D eigenvalue weighted by Crippen LogP contribution is 2.24. The van der Waals surface area contributed by atoms with Crippen molar-refractivity contribution in [3.8, 4) is 0 Å². The lowest BCUT2D eigenvalue weighted by atomic mass is 10.0. The third-order valence-electron chi connectivity index (χ3n) is 2.29. The maximum Gasteiger partial charge on any atom is 0.115 e. The van der Waals surface area contributed by atoms with Crippen molar-refractivity contribution < 1.29 is 4.74 Å². The van der Waals surface area contributed by atoms with Crippen molar-refractivity contribution in [1.29, 1.82) is 0 Å². The first-order valence-electron chi connectivity index (χ1n) is 5.29. The van der Waals surface area contributed by atoms with Gasteiger partial charge in [0.25, 0.3) is 0 Å². The lowest BCUT2D eigenvalue weighted by Gasteiger charge is -2.27. The zero-order valence-electron chi connectivity index (χ0n) is 9.96. The molecular formula is C11H20N2OS. The summed E-state index contributed by atoms with van der Waals surface area (Å²) in [6, 6.07) is 0. The van der Waals surface area contributed by atoms with Gasteiger partial charge in [0.1, 0.15) is 5.01 Å². The Morgan fingerprint density at radius 1 is 1.60 bits per heavy atom. The standard InChI is InChI=1S/C11H20N2OS/c1-5-6-12-11(3,8-14-4)10-13-9(2)7-15-10/h7,12H,5-6,8H2,1-4H3. The molecule has 0 radical (unpaired) electrons. The molecule has 15 heavy (non-hydrogen) atoms. The summed E-state index contributed by atoms with van der Waals surface area (Å²) in [7, 11) is 1.73. The normalized spacial score (nSPS) is 15.2. The van der Waals surface area contributed by atoms with Crippen molar-refractivity contribution >= 4 is 11.3 Å². The molecular weight excluding hydrogens is 208 g/mol. The van der Waals surface area contributed by atoms with E-state index < -0.39 is 0 Å². The zero-order chi connectivity index (χ0) is 11.3. The molecule has 0 fully saturated rings. The maximum atomic E-state index is 5.27. The smallest absolute Gasteiger partial charge is 0.115 e. The Labute approximate surface area is 95.9 Å². The Morgan fingerprint density at radius 2 is 2.33 bits per heavy atom. The van der Waals surface area contributed by atoms with Gasteiger partial charge in [0, 0.05) is 18.2 Å². The molecule has 1 aromatic rings. The van der Waals surface area contributed by atoms with Crippen LogP contribution >= 0.6 is 11.3 Å². The van der Waals surface area contributed by atoms with Gasteiger partial charge in [0.05, 0.1) is 12.1 Å². The summed E-state index contributed by atoms with van der Waals surface area (Å²) in [6.45, 7) is 7.96. The first kappa shape index (κ1) is 12.6. The van der Waals surface area contributed by atoms with Crippen LogP contribution < -0.4 is 5.32 Å². The van der Waals surface area contributed by atoms with Gasteiger partial charge in [-0.2, -0.15) is 0 Å². The molecule has 0 aliphatic heterocycles. The van der Waals surface area contributed by atoms with E-state index in [0.29, 0.717) is 6.61 Å². The van der Waals surface area contributed by atoms with Crippen LogP contribution in [-0.2, 0) is 10.3 Å². The lowest BCUT2D eigenvalue weighted by molar-refractivity contribution is 0.118. The minimum absolute atomic E-state index is 0.149. The first-order valence-corrected chi connectivity index (χ1v) is 6.17. The molecule has 1 N–H and O–H groups in total. The van der Waals surface area contributed by atoms with E-state index in [0.717, 1.165) is 23.7 Å². The van der Waals surface area contributed by atoms with Crippen molar-refractivity contribution in [1.82, 2.24) is 10.3 Å². The highest BCUT2D eigenvalue weighted by Gasteiger charge is 2.28. The molecule has 1 atom stereocenters. The average Bonchev–Trinajstić information content (AvgIpc) is 2.63. The van der Waals surface area contributed by atoms with Crippen LogP contribution in [0.15, 0.2) is 5.38 Å². The quantitative estimate of drug-likeness (QED) is 0.811. The van der Waals surface area contributed by atoms with E-state index in [4.69, 9.17) is 4.74 Å². The predicted molar refractivity (Wildman–Crippen MR) is 64.4 cm³/mol. The second-order valence-electron chi connectivity index (χ2n) is 3.99. The number of aryl methyl sites for hydroxylation is 1. The number of nitrogens with one attached hydrogen (secondary N) is 1. The summed E-state index contributed by atoms with van der Waals surface area (Å²) in [5, 5.41) is 6.69. The Kier molecular flexibility index (Phi) is 4.70. The Hall–Kier alpha value is -0.450. The number of nitrogens with zero attached hydrogens (tertiary/aromatic N) is 1. The summed E-state index contributed by atoms with van der Waals surface area (Å²) in [4.78, 5) is 4.53. The molecule has 0 saturated carbocycles. The van der Waals surface area contributed by atoms with Crippen LogP contribution in [0.25, 0.3) is 0 Å². The highest BCUT2D eigenvalue weighted by atomic mass is 32.1. The van der Waals surface area contributed by atoms with Crippen molar-refractivity contribution in [3.63, 3.8) is 0 Å². The van der Waals surface area contributed by atoms with Gasteiger partial charge in [-0.25, -0.2) is 4.98 Å². The van der Waals surface area contributed by atoms with Crippen LogP contribution in [0.3, 0.4) is 0 Å². The summed E-state index contributed by atoms with van der Waals surface area (Å²) in [6.07, 6.45) is 1.11. The van der Waals surface area contributed by atoms with Crippen molar-refractivity contribution in [2.45, 2.75) is 32.7 Å². The Bertz CT molecular complexity index is 301. The molecule has 0 aliphatic carbocycles. The molecule has 0 bridgehead atoms. The fraction of sp³-hybridized carbons (Fsp3) is 0.727. The Morgan fingerprint density at radius 3 is 2.80 bits per heavy atom. The minimum atomic E-state index is -0.149. The van der Waals surface area contributed by atoms with E-state index in [-0.39, 0.29) is 5.54 Å². The van der Waals surface area contributed by atoms with Crippen molar-refractivity contribution in [2.75, 3.05) is 20.3 Å². The molecule has 1 heterocycles. The van der Waals surface area contributed by atoms with E-state index in [1.54, 1.807) is 18.4 Å². The molecule has 0 amide bonds. The van der Waals surface area contributed by atoms with Gasteiger partial charge in [-0.15, -0.1) is 11.3 Å². The molecule has 1 rings (SSSR count). The first-order chi connectivity index (χ1) is 7.12. The number of aromatic nitrogens is 1. The number of rotatable bonds is 6. The summed E-state index contributed by atoms with van der Waals surface area (Å²) in [5.74, 6) is 0. The molecule has 0 spiro atoms. The van der Waals surface area contributed by atoms with E-state index in [1.165, 1.54) is 0 Å². The number of ether oxygens (including phenoxy) is 1. The van der Waals surface area contributed by atoms with E-state index in [1.807, 2.05) is 6.92 Å². The third-order valence-corrected chi connectivity index (χ3v) is 3.51. The average molecular weight is 228 g/mol. The van der Waals surface area contributed by atoms with Crippen molar-refractivity contribution in [3.05, 3.63) is 16.1 Å². The fourth-order valence-corrected chi connectivity index (χ4v) is 2.41. The topological polar surface area (TPSA) is 34.1 Å². The molecule has 3 nitrogen and oxygen atoms in total. The predicted octanol–water partition coefficient (Wildman–Crippen LogP) is 2.31. The molecule has 1 aromatic heterocycles. The number of hydrogen-bond donors (Lipinski definition) is 1. The number of hydrogen-bond acceptors (Lipinski definition) is 4. The number of methoxy groups -OCH3 is 1. The van der Waals surface area contributed by atoms with Crippen LogP contribution in [-0.4, -0.2) is 25.2 Å². The Balaban J connectivity index is 2.79. The van der Waals surface area contributed by atoms with Gasteiger partial charge in [0.15, 0.2) is 0 Å².